The second kappa shape index (κ2) is 4.84. The quantitative estimate of drug-likeness (QED) is 0.900. The Morgan fingerprint density at radius 2 is 2.06 bits per heavy atom. The molecule has 1 heterocycles. The number of carbonyl (C=O) groups is 1. The highest BCUT2D eigenvalue weighted by atomic mass is 32.1. The number of nitrogens with one attached hydrogen (secondary N) is 1. The normalized spacial score (nSPS) is 10.8. The van der Waals surface area contributed by atoms with Gasteiger partial charge in [0, 0.05) is 6.42 Å². The first kappa shape index (κ1) is 12.0. The zero-order valence-corrected chi connectivity index (χ0v) is 11.1. The summed E-state index contributed by atoms with van der Waals surface area (Å²) in [5, 5.41) is 3.56. The van der Waals surface area contributed by atoms with Gasteiger partial charge in [0.05, 0.1) is 10.2 Å². The van der Waals surface area contributed by atoms with Crippen LogP contribution in [0.5, 0.6) is 0 Å². The molecule has 90 valence electrons. The largest absolute Gasteiger partial charge is 0.302 e. The molecule has 0 fully saturated rings. The number of carbonyl (C=O) groups excluding carboxylic acids is 1. The van der Waals surface area contributed by atoms with Gasteiger partial charge in [-0.2, -0.15) is 0 Å². The van der Waals surface area contributed by atoms with Gasteiger partial charge in [0.15, 0.2) is 5.13 Å². The molecule has 0 aliphatic rings. The van der Waals surface area contributed by atoms with Crippen molar-refractivity contribution in [3.63, 3.8) is 0 Å². The van der Waals surface area contributed by atoms with Crippen molar-refractivity contribution >= 4 is 32.6 Å². The second-order valence-electron chi connectivity index (χ2n) is 4.19. The Morgan fingerprint density at radius 3 is 2.71 bits per heavy atom. The maximum absolute atomic E-state index is 11.5. The number of fused-ring (bicyclic) bond motifs is 1. The van der Waals surface area contributed by atoms with Crippen LogP contribution in [0.3, 0.4) is 0 Å². The molecule has 1 aromatic carbocycles. The van der Waals surface area contributed by atoms with Gasteiger partial charge in [-0.3, -0.25) is 4.79 Å². The van der Waals surface area contributed by atoms with Crippen LogP contribution < -0.4 is 5.32 Å². The fourth-order valence-corrected chi connectivity index (χ4v) is 2.75. The third-order valence-corrected chi connectivity index (χ3v) is 3.77. The highest BCUT2D eigenvalue weighted by Gasteiger charge is 2.10. The Labute approximate surface area is 105 Å². The number of amides is 1. The van der Waals surface area contributed by atoms with Crippen LogP contribution in [0.15, 0.2) is 12.1 Å². The lowest BCUT2D eigenvalue weighted by atomic mass is 10.1. The van der Waals surface area contributed by atoms with Gasteiger partial charge in [-0.25, -0.2) is 4.98 Å². The van der Waals surface area contributed by atoms with Crippen molar-refractivity contribution in [3.8, 4) is 0 Å². The molecule has 0 radical (unpaired) electrons. The van der Waals surface area contributed by atoms with E-state index in [1.807, 2.05) is 13.8 Å². The number of aromatic nitrogens is 1. The average Bonchev–Trinajstić information content (AvgIpc) is 2.69. The minimum atomic E-state index is 0.0434. The van der Waals surface area contributed by atoms with E-state index in [2.05, 4.69) is 29.4 Å². The SMILES string of the molecule is CCCC(=O)Nc1nc2c(C)ccc(C)c2s1. The van der Waals surface area contributed by atoms with Crippen molar-refractivity contribution in [2.75, 3.05) is 5.32 Å². The van der Waals surface area contributed by atoms with Gasteiger partial charge in [-0.1, -0.05) is 30.4 Å². The smallest absolute Gasteiger partial charge is 0.226 e. The maximum Gasteiger partial charge on any atom is 0.226 e. The van der Waals surface area contributed by atoms with Gasteiger partial charge in [0.25, 0.3) is 0 Å². The van der Waals surface area contributed by atoms with E-state index in [0.717, 1.165) is 22.2 Å². The molecule has 2 rings (SSSR count). The van der Waals surface area contributed by atoms with Gasteiger partial charge in [0.2, 0.25) is 5.91 Å². The predicted molar refractivity (Wildman–Crippen MR) is 72.6 cm³/mol. The molecular formula is C13H16N2OS. The maximum atomic E-state index is 11.5. The van der Waals surface area contributed by atoms with Crippen molar-refractivity contribution in [2.24, 2.45) is 0 Å². The highest BCUT2D eigenvalue weighted by molar-refractivity contribution is 7.22. The number of anilines is 1. The van der Waals surface area contributed by atoms with Crippen LogP contribution in [0, 0.1) is 13.8 Å². The lowest BCUT2D eigenvalue weighted by Crippen LogP contribution is -2.09. The van der Waals surface area contributed by atoms with Crippen LogP contribution in [0.4, 0.5) is 5.13 Å². The van der Waals surface area contributed by atoms with Crippen molar-refractivity contribution in [1.82, 2.24) is 4.98 Å². The van der Waals surface area contributed by atoms with Gasteiger partial charge in [-0.15, -0.1) is 0 Å². The lowest BCUT2D eigenvalue weighted by Gasteiger charge is -1.97. The van der Waals surface area contributed by atoms with Crippen LogP contribution in [-0.2, 0) is 4.79 Å². The summed E-state index contributed by atoms with van der Waals surface area (Å²) in [6, 6.07) is 4.16. The van der Waals surface area contributed by atoms with Gasteiger partial charge in [0.1, 0.15) is 0 Å². The first-order valence-electron chi connectivity index (χ1n) is 5.78. The van der Waals surface area contributed by atoms with Crippen LogP contribution in [0.1, 0.15) is 30.9 Å². The zero-order valence-electron chi connectivity index (χ0n) is 10.3. The zero-order chi connectivity index (χ0) is 12.4. The Kier molecular flexibility index (Phi) is 3.43. The number of nitrogens with zero attached hydrogens (tertiary/aromatic N) is 1. The number of hydrogen-bond donors (Lipinski definition) is 1. The summed E-state index contributed by atoms with van der Waals surface area (Å²) >= 11 is 1.55. The van der Waals surface area contributed by atoms with E-state index < -0.39 is 0 Å². The third-order valence-electron chi connectivity index (χ3n) is 2.67. The van der Waals surface area contributed by atoms with Crippen LogP contribution in [0.25, 0.3) is 10.2 Å². The van der Waals surface area contributed by atoms with E-state index in [1.54, 1.807) is 11.3 Å². The predicted octanol–water partition coefficient (Wildman–Crippen LogP) is 3.65. The summed E-state index contributed by atoms with van der Waals surface area (Å²) in [5.74, 6) is 0.0434. The molecule has 0 saturated heterocycles. The lowest BCUT2D eigenvalue weighted by molar-refractivity contribution is -0.116. The molecule has 0 bridgehead atoms. The van der Waals surface area contributed by atoms with Crippen LogP contribution in [0.2, 0.25) is 0 Å². The van der Waals surface area contributed by atoms with Crippen molar-refractivity contribution < 1.29 is 4.79 Å². The second-order valence-corrected chi connectivity index (χ2v) is 5.19. The number of aryl methyl sites for hydroxylation is 2. The fourth-order valence-electron chi connectivity index (χ4n) is 1.72. The molecule has 17 heavy (non-hydrogen) atoms. The molecule has 0 aliphatic heterocycles. The molecular weight excluding hydrogens is 232 g/mol. The first-order valence-corrected chi connectivity index (χ1v) is 6.60. The van der Waals surface area contributed by atoms with Gasteiger partial charge in [-0.05, 0) is 31.4 Å². The summed E-state index contributed by atoms with van der Waals surface area (Å²) in [6.45, 7) is 6.10. The molecule has 3 nitrogen and oxygen atoms in total. The van der Waals surface area contributed by atoms with E-state index in [0.29, 0.717) is 11.6 Å². The number of rotatable bonds is 3. The number of hydrogen-bond acceptors (Lipinski definition) is 3. The Hall–Kier alpha value is -1.42. The molecule has 1 amide bonds. The highest BCUT2D eigenvalue weighted by Crippen LogP contribution is 2.30. The van der Waals surface area contributed by atoms with Crippen LogP contribution in [-0.4, -0.2) is 10.9 Å². The molecule has 1 N–H and O–H groups in total. The monoisotopic (exact) mass is 248 g/mol. The summed E-state index contributed by atoms with van der Waals surface area (Å²) in [4.78, 5) is 16.0. The Morgan fingerprint density at radius 1 is 1.35 bits per heavy atom. The molecule has 0 atom stereocenters. The molecule has 0 spiro atoms. The average molecular weight is 248 g/mol. The molecule has 0 aliphatic carbocycles. The standard InChI is InChI=1S/C13H16N2OS/c1-4-5-10(16)14-13-15-11-8(2)6-7-9(3)12(11)17-13/h6-7H,4-5H2,1-3H3,(H,14,15,16). The van der Waals surface area contributed by atoms with E-state index in [9.17, 15) is 4.79 Å². The summed E-state index contributed by atoms with van der Waals surface area (Å²) < 4.78 is 1.16. The van der Waals surface area contributed by atoms with E-state index in [-0.39, 0.29) is 5.91 Å². The van der Waals surface area contributed by atoms with Crippen molar-refractivity contribution in [3.05, 3.63) is 23.3 Å². The van der Waals surface area contributed by atoms with Gasteiger partial charge >= 0.3 is 0 Å². The first-order chi connectivity index (χ1) is 8.11. The molecule has 4 heteroatoms. The third kappa shape index (κ3) is 2.47. The van der Waals surface area contributed by atoms with Crippen molar-refractivity contribution in [2.45, 2.75) is 33.6 Å². The molecule has 1 aromatic heterocycles. The molecule has 0 saturated carbocycles. The van der Waals surface area contributed by atoms with Crippen LogP contribution >= 0.6 is 11.3 Å². The van der Waals surface area contributed by atoms with Gasteiger partial charge < -0.3 is 5.32 Å². The Bertz CT molecular complexity index is 521. The Balaban J connectivity index is 2.35. The topological polar surface area (TPSA) is 42.0 Å². The van der Waals surface area contributed by atoms with Crippen molar-refractivity contribution in [1.29, 1.82) is 0 Å². The minimum Gasteiger partial charge on any atom is -0.302 e. The summed E-state index contributed by atoms with van der Waals surface area (Å²) in [5.41, 5.74) is 3.36. The van der Waals surface area contributed by atoms with E-state index in [4.69, 9.17) is 0 Å². The van der Waals surface area contributed by atoms with E-state index >= 15 is 0 Å². The minimum absolute atomic E-state index is 0.0434. The summed E-state index contributed by atoms with van der Waals surface area (Å²) in [6.07, 6.45) is 1.41. The molecule has 0 unspecified atom stereocenters. The van der Waals surface area contributed by atoms with E-state index in [1.165, 1.54) is 5.56 Å². The number of benzene rings is 1. The summed E-state index contributed by atoms with van der Waals surface area (Å²) in [7, 11) is 0. The number of thiazole rings is 1. The molecule has 2 aromatic rings. The fraction of sp³-hybridized carbons (Fsp3) is 0.385.